The molecule has 4 atom stereocenters. The minimum absolute atomic E-state index is 0.0957. The number of pyridine rings is 1. The molecule has 0 radical (unpaired) electrons. The monoisotopic (exact) mass is 532 g/mol. The van der Waals surface area contributed by atoms with Crippen LogP contribution in [0.5, 0.6) is 5.75 Å². The number of nitrogens with zero attached hydrogens (tertiary/aromatic N) is 1. The summed E-state index contributed by atoms with van der Waals surface area (Å²) < 4.78 is 87.5. The Hall–Kier alpha value is -3.15. The van der Waals surface area contributed by atoms with Crippen LogP contribution >= 0.6 is 0 Å². The van der Waals surface area contributed by atoms with Crippen LogP contribution in [-0.4, -0.2) is 50.5 Å². The van der Waals surface area contributed by atoms with Gasteiger partial charge in [0.1, 0.15) is 17.4 Å². The summed E-state index contributed by atoms with van der Waals surface area (Å²) in [7, 11) is 4.19. The second-order valence-electron chi connectivity index (χ2n) is 9.27. The van der Waals surface area contributed by atoms with Crippen molar-refractivity contribution in [2.24, 2.45) is 5.92 Å². The number of methoxy groups -OCH3 is 1. The number of H-pyrrole nitrogens is 1. The van der Waals surface area contributed by atoms with Gasteiger partial charge in [0.05, 0.1) is 19.4 Å². The summed E-state index contributed by atoms with van der Waals surface area (Å²) in [4.78, 5) is 30.7. The first-order chi connectivity index (χ1) is 17.1. The third kappa shape index (κ3) is 4.55. The fraction of sp³-hybridized carbons (Fsp3) is 0.520. The van der Waals surface area contributed by atoms with Crippen molar-refractivity contribution in [3.8, 4) is 5.75 Å². The lowest BCUT2D eigenvalue weighted by Crippen LogP contribution is -2.46. The molecular formula is C25H29F5N2O5. The Morgan fingerprint density at radius 2 is 1.86 bits per heavy atom. The number of nitrogens with one attached hydrogen (secondary N) is 1. The number of carbonyl (C=O) groups is 1. The van der Waals surface area contributed by atoms with E-state index in [0.717, 1.165) is 26.2 Å². The SMILES string of the molecule is CCOC(=O)c1c([C@@H]2O[C@@](C)(C(F)(F)F)[C@@H](C)[C@H]2c2ccc(F)c(F)c2OC)[nH]c(C)c(N(C)C)c1=O. The molecule has 2 heterocycles. The van der Waals surface area contributed by atoms with Crippen LogP contribution in [-0.2, 0) is 9.47 Å². The Labute approximate surface area is 210 Å². The first-order valence-electron chi connectivity index (χ1n) is 11.5. The summed E-state index contributed by atoms with van der Waals surface area (Å²) in [5, 5.41) is 0. The molecule has 3 rings (SSSR count). The quantitative estimate of drug-likeness (QED) is 0.416. The maximum atomic E-state index is 14.7. The molecule has 0 amide bonds. The largest absolute Gasteiger partial charge is 0.493 e. The Balaban J connectivity index is 2.41. The molecular weight excluding hydrogens is 503 g/mol. The number of rotatable bonds is 6. The maximum Gasteiger partial charge on any atom is 0.417 e. The van der Waals surface area contributed by atoms with Crippen molar-refractivity contribution in [2.75, 3.05) is 32.7 Å². The zero-order valence-corrected chi connectivity index (χ0v) is 21.5. The lowest BCUT2D eigenvalue weighted by atomic mass is 9.76. The Morgan fingerprint density at radius 1 is 1.24 bits per heavy atom. The molecule has 1 aromatic carbocycles. The van der Waals surface area contributed by atoms with Crippen LogP contribution in [0.25, 0.3) is 0 Å². The molecule has 0 saturated carbocycles. The number of aromatic amines is 1. The van der Waals surface area contributed by atoms with E-state index in [9.17, 15) is 31.5 Å². The predicted molar refractivity (Wildman–Crippen MR) is 125 cm³/mol. The predicted octanol–water partition coefficient (Wildman–Crippen LogP) is 5.03. The van der Waals surface area contributed by atoms with Crippen molar-refractivity contribution in [1.82, 2.24) is 4.98 Å². The van der Waals surface area contributed by atoms with E-state index in [-0.39, 0.29) is 29.2 Å². The number of halogens is 5. The van der Waals surface area contributed by atoms with Gasteiger partial charge in [0.15, 0.2) is 17.2 Å². The summed E-state index contributed by atoms with van der Waals surface area (Å²) in [6.07, 6.45) is -6.50. The molecule has 1 saturated heterocycles. The van der Waals surface area contributed by atoms with Crippen LogP contribution in [0, 0.1) is 24.5 Å². The number of alkyl halides is 3. The molecule has 0 aliphatic carbocycles. The summed E-state index contributed by atoms with van der Waals surface area (Å²) in [6, 6.07) is 1.88. The van der Waals surface area contributed by atoms with E-state index >= 15 is 0 Å². The maximum absolute atomic E-state index is 14.7. The first-order valence-corrected chi connectivity index (χ1v) is 11.5. The topological polar surface area (TPSA) is 80.9 Å². The van der Waals surface area contributed by atoms with Crippen molar-refractivity contribution in [3.63, 3.8) is 0 Å². The van der Waals surface area contributed by atoms with Gasteiger partial charge in [0.25, 0.3) is 0 Å². The highest BCUT2D eigenvalue weighted by atomic mass is 19.4. The highest BCUT2D eigenvalue weighted by molar-refractivity contribution is 5.92. The third-order valence-electron chi connectivity index (χ3n) is 6.91. The third-order valence-corrected chi connectivity index (χ3v) is 6.91. The molecule has 1 aromatic heterocycles. The van der Waals surface area contributed by atoms with E-state index < -0.39 is 64.1 Å². The highest BCUT2D eigenvalue weighted by Crippen LogP contribution is 2.59. The van der Waals surface area contributed by atoms with Gasteiger partial charge in [-0.15, -0.1) is 0 Å². The molecule has 37 heavy (non-hydrogen) atoms. The van der Waals surface area contributed by atoms with Gasteiger partial charge in [0.2, 0.25) is 11.2 Å². The number of carbonyl (C=O) groups excluding carboxylic acids is 1. The Bertz CT molecular complexity index is 1260. The van der Waals surface area contributed by atoms with Gasteiger partial charge < -0.3 is 24.1 Å². The van der Waals surface area contributed by atoms with Gasteiger partial charge in [-0.3, -0.25) is 4.79 Å². The van der Waals surface area contributed by atoms with Gasteiger partial charge in [-0.05, 0) is 26.8 Å². The minimum Gasteiger partial charge on any atom is -0.493 e. The summed E-state index contributed by atoms with van der Waals surface area (Å²) in [5.41, 5.74) is -4.12. The number of hydrogen-bond acceptors (Lipinski definition) is 6. The van der Waals surface area contributed by atoms with E-state index in [0.29, 0.717) is 0 Å². The number of esters is 1. The molecule has 204 valence electrons. The van der Waals surface area contributed by atoms with Gasteiger partial charge in [0, 0.05) is 37.2 Å². The second kappa shape index (κ2) is 9.96. The minimum atomic E-state index is -4.89. The number of aryl methyl sites for hydroxylation is 1. The van der Waals surface area contributed by atoms with E-state index in [1.165, 1.54) is 25.7 Å². The van der Waals surface area contributed by atoms with Crippen molar-refractivity contribution >= 4 is 11.7 Å². The highest BCUT2D eigenvalue weighted by Gasteiger charge is 2.65. The second-order valence-corrected chi connectivity index (χ2v) is 9.27. The molecule has 12 heteroatoms. The lowest BCUT2D eigenvalue weighted by molar-refractivity contribution is -0.275. The smallest absolute Gasteiger partial charge is 0.417 e. The van der Waals surface area contributed by atoms with Crippen molar-refractivity contribution in [3.05, 3.63) is 56.5 Å². The van der Waals surface area contributed by atoms with E-state index in [1.807, 2.05) is 0 Å². The van der Waals surface area contributed by atoms with Crippen molar-refractivity contribution in [2.45, 2.75) is 51.5 Å². The van der Waals surface area contributed by atoms with E-state index in [2.05, 4.69) is 4.98 Å². The molecule has 1 fully saturated rings. The van der Waals surface area contributed by atoms with E-state index in [1.54, 1.807) is 14.1 Å². The molecule has 7 nitrogen and oxygen atoms in total. The summed E-state index contributed by atoms with van der Waals surface area (Å²) in [6.45, 7) is 5.01. The first kappa shape index (κ1) is 28.4. The fourth-order valence-corrected chi connectivity index (χ4v) is 4.95. The number of ether oxygens (including phenoxy) is 3. The Kier molecular flexibility index (Phi) is 7.65. The number of aromatic nitrogens is 1. The lowest BCUT2D eigenvalue weighted by Gasteiger charge is -2.32. The van der Waals surface area contributed by atoms with Crippen LogP contribution in [0.15, 0.2) is 16.9 Å². The summed E-state index contributed by atoms with van der Waals surface area (Å²) in [5.74, 6) is -7.00. The van der Waals surface area contributed by atoms with Crippen LogP contribution < -0.4 is 15.1 Å². The summed E-state index contributed by atoms with van der Waals surface area (Å²) >= 11 is 0. The molecule has 0 unspecified atom stereocenters. The van der Waals surface area contributed by atoms with Gasteiger partial charge >= 0.3 is 12.1 Å². The molecule has 1 aliphatic rings. The zero-order valence-electron chi connectivity index (χ0n) is 21.5. The van der Waals surface area contributed by atoms with Gasteiger partial charge in [-0.2, -0.15) is 17.6 Å². The number of benzene rings is 1. The van der Waals surface area contributed by atoms with Crippen LogP contribution in [0.3, 0.4) is 0 Å². The molecule has 1 N–H and O–H groups in total. The average Bonchev–Trinajstić information content (AvgIpc) is 3.06. The van der Waals surface area contributed by atoms with Crippen molar-refractivity contribution in [1.29, 1.82) is 0 Å². The van der Waals surface area contributed by atoms with Crippen LogP contribution in [0.1, 0.15) is 60.1 Å². The van der Waals surface area contributed by atoms with Crippen molar-refractivity contribution < 1.29 is 41.0 Å². The Morgan fingerprint density at radius 3 is 2.38 bits per heavy atom. The van der Waals surface area contributed by atoms with Gasteiger partial charge in [-0.25, -0.2) is 9.18 Å². The normalized spacial score (nSPS) is 23.7. The fourth-order valence-electron chi connectivity index (χ4n) is 4.95. The number of hydrogen-bond donors (Lipinski definition) is 1. The number of anilines is 1. The molecule has 1 aliphatic heterocycles. The average molecular weight is 533 g/mol. The standard InChI is InChI=1S/C25H29F5N2O5/c1-8-36-23(34)16-18(31-12(3)19(20(16)33)32(5)6)22-15(11(2)24(4,37-22)25(28,29)30)13-9-10-14(26)17(27)21(13)35-7/h9-11,15,22H,8H2,1-7H3,(H,31,33)/t11-,15-,22+,24+/m0/s1. The van der Waals surface area contributed by atoms with Crippen LogP contribution in [0.4, 0.5) is 27.6 Å². The van der Waals surface area contributed by atoms with E-state index in [4.69, 9.17) is 14.2 Å². The molecule has 0 spiro atoms. The molecule has 0 bridgehead atoms. The molecule has 2 aromatic rings. The van der Waals surface area contributed by atoms with Crippen LogP contribution in [0.2, 0.25) is 0 Å². The zero-order chi connectivity index (χ0) is 28.0. The van der Waals surface area contributed by atoms with Gasteiger partial charge in [-0.1, -0.05) is 13.0 Å².